The number of thiazole rings is 1. The highest BCUT2D eigenvalue weighted by molar-refractivity contribution is 7.13. The van der Waals surface area contributed by atoms with Gasteiger partial charge in [-0.2, -0.15) is 0 Å². The van der Waals surface area contributed by atoms with Crippen molar-refractivity contribution in [3.05, 3.63) is 86.4 Å². The van der Waals surface area contributed by atoms with Crippen LogP contribution in [0, 0.1) is 0 Å². The number of hydrogen-bond acceptors (Lipinski definition) is 8. The van der Waals surface area contributed by atoms with Crippen molar-refractivity contribution in [2.75, 3.05) is 0 Å². The molecule has 8 heteroatoms. The van der Waals surface area contributed by atoms with Crippen molar-refractivity contribution in [1.29, 1.82) is 0 Å². The van der Waals surface area contributed by atoms with Crippen LogP contribution in [0.2, 0.25) is 0 Å². The van der Waals surface area contributed by atoms with Gasteiger partial charge in [0.15, 0.2) is 0 Å². The van der Waals surface area contributed by atoms with E-state index in [9.17, 15) is 14.7 Å². The molecule has 146 valence electrons. The van der Waals surface area contributed by atoms with Crippen molar-refractivity contribution in [3.63, 3.8) is 0 Å². The van der Waals surface area contributed by atoms with E-state index in [-0.39, 0.29) is 16.9 Å². The summed E-state index contributed by atoms with van der Waals surface area (Å²) in [6.07, 6.45) is 1.21. The average Bonchev–Trinajstić information content (AvgIpc) is 3.22. The van der Waals surface area contributed by atoms with Crippen LogP contribution >= 0.6 is 11.3 Å². The molecule has 3 aromatic heterocycles. The van der Waals surface area contributed by atoms with Gasteiger partial charge < -0.3 is 13.9 Å². The monoisotopic (exact) mass is 416 g/mol. The molecular weight excluding hydrogens is 404 g/mol. The van der Waals surface area contributed by atoms with E-state index in [2.05, 4.69) is 9.98 Å². The van der Waals surface area contributed by atoms with E-state index in [4.69, 9.17) is 8.83 Å². The van der Waals surface area contributed by atoms with Gasteiger partial charge in [-0.25, -0.2) is 19.6 Å². The summed E-state index contributed by atoms with van der Waals surface area (Å²) in [4.78, 5) is 33.0. The second-order valence-corrected chi connectivity index (χ2v) is 7.24. The topological polar surface area (TPSA) is 106 Å². The minimum absolute atomic E-state index is 0.0735. The Bertz CT molecular complexity index is 1560. The number of benzene rings is 2. The maximum Gasteiger partial charge on any atom is 0.348 e. The highest BCUT2D eigenvalue weighted by Gasteiger charge is 2.13. The van der Waals surface area contributed by atoms with Crippen LogP contribution in [-0.4, -0.2) is 16.3 Å². The SMILES string of the molecule is O=c1oc2ccccc2cc1-c1csc(N=Cc2c(O)c3ccccc3oc2=O)n1. The van der Waals surface area contributed by atoms with Gasteiger partial charge in [0.1, 0.15) is 22.5 Å². The molecule has 0 bridgehead atoms. The predicted molar refractivity (Wildman–Crippen MR) is 115 cm³/mol. The van der Waals surface area contributed by atoms with E-state index in [1.165, 1.54) is 17.6 Å². The van der Waals surface area contributed by atoms with Crippen LogP contribution in [0.15, 0.2) is 83.4 Å². The van der Waals surface area contributed by atoms with Crippen molar-refractivity contribution in [1.82, 2.24) is 4.98 Å². The summed E-state index contributed by atoms with van der Waals surface area (Å²) >= 11 is 1.19. The van der Waals surface area contributed by atoms with Gasteiger partial charge in [0.2, 0.25) is 5.13 Å². The Hall–Kier alpha value is -4.04. The Kier molecular flexibility index (Phi) is 4.26. The van der Waals surface area contributed by atoms with Gasteiger partial charge in [0.25, 0.3) is 0 Å². The molecule has 0 aliphatic heterocycles. The Morgan fingerprint density at radius 1 is 0.967 bits per heavy atom. The van der Waals surface area contributed by atoms with Crippen LogP contribution in [0.5, 0.6) is 5.75 Å². The maximum absolute atomic E-state index is 12.3. The van der Waals surface area contributed by atoms with Crippen molar-refractivity contribution in [2.45, 2.75) is 0 Å². The van der Waals surface area contributed by atoms with Gasteiger partial charge in [-0.3, -0.25) is 0 Å². The summed E-state index contributed by atoms with van der Waals surface area (Å²) in [5.41, 5.74) is 0.246. The van der Waals surface area contributed by atoms with Crippen LogP contribution in [0.25, 0.3) is 33.2 Å². The number of aromatic nitrogens is 1. The minimum Gasteiger partial charge on any atom is -0.506 e. The highest BCUT2D eigenvalue weighted by atomic mass is 32.1. The third-order valence-electron chi connectivity index (χ3n) is 4.53. The average molecular weight is 416 g/mol. The van der Waals surface area contributed by atoms with Gasteiger partial charge >= 0.3 is 11.3 Å². The Balaban J connectivity index is 1.52. The molecule has 0 spiro atoms. The largest absolute Gasteiger partial charge is 0.506 e. The number of aliphatic imine (C=N–C) groups is 1. The van der Waals surface area contributed by atoms with Gasteiger partial charge in [0, 0.05) is 17.0 Å². The normalized spacial score (nSPS) is 11.6. The first-order valence-electron chi connectivity index (χ1n) is 8.88. The zero-order valence-electron chi connectivity index (χ0n) is 15.2. The van der Waals surface area contributed by atoms with E-state index in [1.54, 1.807) is 47.8 Å². The molecular formula is C22H12N2O5S. The number of fused-ring (bicyclic) bond motifs is 2. The van der Waals surface area contributed by atoms with Crippen molar-refractivity contribution < 1.29 is 13.9 Å². The summed E-state index contributed by atoms with van der Waals surface area (Å²) in [5, 5.41) is 13.6. The molecule has 7 nitrogen and oxygen atoms in total. The van der Waals surface area contributed by atoms with Crippen molar-refractivity contribution in [3.8, 4) is 17.0 Å². The molecule has 1 N–H and O–H groups in total. The van der Waals surface area contributed by atoms with E-state index in [1.807, 2.05) is 12.1 Å². The highest BCUT2D eigenvalue weighted by Crippen LogP contribution is 2.28. The lowest BCUT2D eigenvalue weighted by Crippen LogP contribution is -2.06. The lowest BCUT2D eigenvalue weighted by molar-refractivity contribution is 0.466. The summed E-state index contributed by atoms with van der Waals surface area (Å²) in [6.45, 7) is 0. The van der Waals surface area contributed by atoms with Crippen LogP contribution in [0.1, 0.15) is 5.56 Å². The van der Waals surface area contributed by atoms with Crippen LogP contribution in [-0.2, 0) is 0 Å². The third kappa shape index (κ3) is 3.09. The molecule has 0 aliphatic rings. The first-order chi connectivity index (χ1) is 14.6. The Labute approximate surface area is 172 Å². The quantitative estimate of drug-likeness (QED) is 0.343. The van der Waals surface area contributed by atoms with Gasteiger partial charge in [-0.1, -0.05) is 30.3 Å². The maximum atomic E-state index is 12.3. The zero-order chi connectivity index (χ0) is 20.7. The molecule has 3 heterocycles. The van der Waals surface area contributed by atoms with Crippen LogP contribution in [0.4, 0.5) is 5.13 Å². The summed E-state index contributed by atoms with van der Waals surface area (Å²) in [5.74, 6) is -0.211. The summed E-state index contributed by atoms with van der Waals surface area (Å²) in [7, 11) is 0. The lowest BCUT2D eigenvalue weighted by atomic mass is 10.1. The van der Waals surface area contributed by atoms with Crippen LogP contribution in [0.3, 0.4) is 0 Å². The number of aromatic hydroxyl groups is 1. The van der Waals surface area contributed by atoms with Gasteiger partial charge in [-0.15, -0.1) is 11.3 Å². The molecule has 0 fully saturated rings. The first kappa shape index (κ1) is 18.0. The number of nitrogens with zero attached hydrogens (tertiary/aromatic N) is 2. The molecule has 0 saturated heterocycles. The Morgan fingerprint density at radius 2 is 1.70 bits per heavy atom. The fourth-order valence-electron chi connectivity index (χ4n) is 3.07. The second-order valence-electron chi connectivity index (χ2n) is 6.41. The fraction of sp³-hybridized carbons (Fsp3) is 0. The molecule has 0 atom stereocenters. The third-order valence-corrected chi connectivity index (χ3v) is 5.28. The standard InChI is InChI=1S/C22H12N2O5S/c25-19-13-6-2-4-8-18(13)29-21(27)15(19)10-23-22-24-16(11-30-22)14-9-12-5-1-3-7-17(12)28-20(14)26/h1-11,25H. The minimum atomic E-state index is -0.707. The molecule has 30 heavy (non-hydrogen) atoms. The molecule has 0 saturated carbocycles. The van der Waals surface area contributed by atoms with Crippen molar-refractivity contribution in [2.24, 2.45) is 4.99 Å². The molecule has 5 aromatic rings. The lowest BCUT2D eigenvalue weighted by Gasteiger charge is -2.01. The number of para-hydroxylation sites is 2. The summed E-state index contributed by atoms with van der Waals surface area (Å²) in [6, 6.07) is 15.6. The zero-order valence-corrected chi connectivity index (χ0v) is 16.1. The number of hydrogen-bond donors (Lipinski definition) is 1. The summed E-state index contributed by atoms with van der Waals surface area (Å²) < 4.78 is 10.6. The first-order valence-corrected chi connectivity index (χ1v) is 9.76. The smallest absolute Gasteiger partial charge is 0.348 e. The molecule has 0 aliphatic carbocycles. The van der Waals surface area contributed by atoms with E-state index < -0.39 is 11.3 Å². The molecule has 5 rings (SSSR count). The van der Waals surface area contributed by atoms with Gasteiger partial charge in [0.05, 0.1) is 16.6 Å². The van der Waals surface area contributed by atoms with E-state index >= 15 is 0 Å². The molecule has 2 aromatic carbocycles. The predicted octanol–water partition coefficient (Wildman–Crippen LogP) is 4.48. The molecule has 0 radical (unpaired) electrons. The van der Waals surface area contributed by atoms with E-state index in [0.29, 0.717) is 27.4 Å². The Morgan fingerprint density at radius 3 is 2.57 bits per heavy atom. The van der Waals surface area contributed by atoms with E-state index in [0.717, 1.165) is 5.39 Å². The number of rotatable bonds is 3. The second kappa shape index (κ2) is 7.09. The van der Waals surface area contributed by atoms with Crippen molar-refractivity contribution >= 4 is 44.6 Å². The van der Waals surface area contributed by atoms with Crippen LogP contribution < -0.4 is 11.3 Å². The fourth-order valence-corrected chi connectivity index (χ4v) is 3.73. The molecule has 0 unspecified atom stereocenters. The molecule has 0 amide bonds. The van der Waals surface area contributed by atoms with Gasteiger partial charge in [-0.05, 0) is 24.3 Å².